The van der Waals surface area contributed by atoms with Crippen molar-refractivity contribution in [1.82, 2.24) is 15.6 Å². The minimum atomic E-state index is 0.0495. The molecule has 1 amide bonds. The summed E-state index contributed by atoms with van der Waals surface area (Å²) in [5.41, 5.74) is 2.31. The van der Waals surface area contributed by atoms with E-state index in [1.165, 1.54) is 5.56 Å². The van der Waals surface area contributed by atoms with E-state index >= 15 is 0 Å². The summed E-state index contributed by atoms with van der Waals surface area (Å²) >= 11 is 0. The first-order valence-electron chi connectivity index (χ1n) is 6.73. The van der Waals surface area contributed by atoms with Crippen molar-refractivity contribution in [1.29, 1.82) is 0 Å². The SMILES string of the molecule is Cc1ccncc1CNCC(=O)NC1CCOCC1. The van der Waals surface area contributed by atoms with Gasteiger partial charge < -0.3 is 15.4 Å². The third kappa shape index (κ3) is 4.61. The lowest BCUT2D eigenvalue weighted by molar-refractivity contribution is -0.121. The molecule has 0 radical (unpaired) electrons. The third-order valence-electron chi connectivity index (χ3n) is 3.33. The van der Waals surface area contributed by atoms with Crippen molar-refractivity contribution in [3.05, 3.63) is 29.6 Å². The number of carbonyl (C=O) groups excluding carboxylic acids is 1. The van der Waals surface area contributed by atoms with Crippen molar-refractivity contribution in [2.24, 2.45) is 0 Å². The Morgan fingerprint density at radius 3 is 3.00 bits per heavy atom. The first kappa shape index (κ1) is 14.0. The molecule has 1 aliphatic heterocycles. The van der Waals surface area contributed by atoms with Gasteiger partial charge in [-0.05, 0) is 37.0 Å². The quantitative estimate of drug-likeness (QED) is 0.824. The second-order valence-corrected chi connectivity index (χ2v) is 4.86. The van der Waals surface area contributed by atoms with Crippen LogP contribution in [-0.4, -0.2) is 36.7 Å². The highest BCUT2D eigenvalue weighted by atomic mass is 16.5. The summed E-state index contributed by atoms with van der Waals surface area (Å²) in [5.74, 6) is 0.0495. The molecule has 0 aliphatic carbocycles. The summed E-state index contributed by atoms with van der Waals surface area (Å²) in [6.07, 6.45) is 5.43. The van der Waals surface area contributed by atoms with Gasteiger partial charge >= 0.3 is 0 Å². The van der Waals surface area contributed by atoms with Gasteiger partial charge in [-0.3, -0.25) is 9.78 Å². The average molecular weight is 263 g/mol. The number of aromatic nitrogens is 1. The molecule has 104 valence electrons. The van der Waals surface area contributed by atoms with Crippen LogP contribution < -0.4 is 10.6 Å². The van der Waals surface area contributed by atoms with Gasteiger partial charge in [0.15, 0.2) is 0 Å². The van der Waals surface area contributed by atoms with Crippen LogP contribution in [0.5, 0.6) is 0 Å². The lowest BCUT2D eigenvalue weighted by Gasteiger charge is -2.23. The fourth-order valence-electron chi connectivity index (χ4n) is 2.11. The molecule has 0 aromatic carbocycles. The van der Waals surface area contributed by atoms with Crippen molar-refractivity contribution < 1.29 is 9.53 Å². The normalized spacial score (nSPS) is 16.3. The summed E-state index contributed by atoms with van der Waals surface area (Å²) in [6, 6.07) is 2.24. The number of hydrogen-bond donors (Lipinski definition) is 2. The number of nitrogens with zero attached hydrogens (tertiary/aromatic N) is 1. The van der Waals surface area contributed by atoms with Crippen LogP contribution in [0.25, 0.3) is 0 Å². The second kappa shape index (κ2) is 7.21. The molecule has 19 heavy (non-hydrogen) atoms. The van der Waals surface area contributed by atoms with Crippen molar-refractivity contribution >= 4 is 5.91 Å². The average Bonchev–Trinajstić information content (AvgIpc) is 2.42. The number of aryl methyl sites for hydroxylation is 1. The monoisotopic (exact) mass is 263 g/mol. The van der Waals surface area contributed by atoms with Crippen molar-refractivity contribution in [2.45, 2.75) is 32.4 Å². The van der Waals surface area contributed by atoms with Gasteiger partial charge in [0.1, 0.15) is 0 Å². The highest BCUT2D eigenvalue weighted by molar-refractivity contribution is 5.78. The Balaban J connectivity index is 1.67. The molecule has 0 atom stereocenters. The van der Waals surface area contributed by atoms with Crippen molar-refractivity contribution in [3.8, 4) is 0 Å². The molecule has 1 aliphatic rings. The standard InChI is InChI=1S/C14H21N3O2/c1-11-2-5-15-8-12(11)9-16-10-14(18)17-13-3-6-19-7-4-13/h2,5,8,13,16H,3-4,6-7,9-10H2,1H3,(H,17,18). The number of rotatable bonds is 5. The zero-order valence-electron chi connectivity index (χ0n) is 11.3. The van der Waals surface area contributed by atoms with E-state index in [0.717, 1.165) is 31.6 Å². The third-order valence-corrected chi connectivity index (χ3v) is 3.33. The van der Waals surface area contributed by atoms with Crippen LogP contribution in [0.15, 0.2) is 18.5 Å². The predicted octanol–water partition coefficient (Wildman–Crippen LogP) is 0.775. The van der Waals surface area contributed by atoms with Crippen LogP contribution in [-0.2, 0) is 16.1 Å². The predicted molar refractivity (Wildman–Crippen MR) is 72.7 cm³/mol. The summed E-state index contributed by atoms with van der Waals surface area (Å²) in [7, 11) is 0. The first-order valence-corrected chi connectivity index (χ1v) is 6.73. The Bertz CT molecular complexity index is 417. The maximum Gasteiger partial charge on any atom is 0.234 e. The van der Waals surface area contributed by atoms with E-state index in [2.05, 4.69) is 15.6 Å². The molecule has 5 heteroatoms. The molecule has 0 bridgehead atoms. The van der Waals surface area contributed by atoms with E-state index in [9.17, 15) is 4.79 Å². The zero-order valence-corrected chi connectivity index (χ0v) is 11.3. The fourth-order valence-corrected chi connectivity index (χ4v) is 2.11. The molecular weight excluding hydrogens is 242 g/mol. The molecular formula is C14H21N3O2. The van der Waals surface area contributed by atoms with Gasteiger partial charge in [-0.15, -0.1) is 0 Å². The smallest absolute Gasteiger partial charge is 0.234 e. The Labute approximate surface area is 113 Å². The summed E-state index contributed by atoms with van der Waals surface area (Å²) in [4.78, 5) is 15.8. The molecule has 1 aromatic rings. The molecule has 0 spiro atoms. The van der Waals surface area contributed by atoms with Gasteiger partial charge in [0.2, 0.25) is 5.91 Å². The van der Waals surface area contributed by atoms with Crippen LogP contribution in [0.2, 0.25) is 0 Å². The topological polar surface area (TPSA) is 63.2 Å². The molecule has 1 saturated heterocycles. The van der Waals surface area contributed by atoms with Gasteiger partial charge in [0.25, 0.3) is 0 Å². The first-order chi connectivity index (χ1) is 9.25. The number of carbonyl (C=O) groups is 1. The van der Waals surface area contributed by atoms with Crippen LogP contribution in [0, 0.1) is 6.92 Å². The largest absolute Gasteiger partial charge is 0.381 e. The maximum atomic E-state index is 11.8. The molecule has 0 saturated carbocycles. The minimum absolute atomic E-state index is 0.0495. The second-order valence-electron chi connectivity index (χ2n) is 4.86. The molecule has 1 aromatic heterocycles. The molecule has 2 rings (SSSR count). The highest BCUT2D eigenvalue weighted by Gasteiger charge is 2.15. The van der Waals surface area contributed by atoms with Gasteiger partial charge in [-0.1, -0.05) is 0 Å². The number of ether oxygens (including phenoxy) is 1. The summed E-state index contributed by atoms with van der Waals surface area (Å²) in [5, 5.41) is 6.17. The van der Waals surface area contributed by atoms with Crippen LogP contribution in [0.3, 0.4) is 0 Å². The zero-order chi connectivity index (χ0) is 13.5. The van der Waals surface area contributed by atoms with E-state index in [-0.39, 0.29) is 11.9 Å². The van der Waals surface area contributed by atoms with E-state index in [1.54, 1.807) is 6.20 Å². The lowest BCUT2D eigenvalue weighted by Crippen LogP contribution is -2.42. The fraction of sp³-hybridized carbons (Fsp3) is 0.571. The van der Waals surface area contributed by atoms with E-state index in [4.69, 9.17) is 4.74 Å². The minimum Gasteiger partial charge on any atom is -0.381 e. The number of hydrogen-bond acceptors (Lipinski definition) is 4. The summed E-state index contributed by atoms with van der Waals surface area (Å²) < 4.78 is 5.26. The summed E-state index contributed by atoms with van der Waals surface area (Å²) in [6.45, 7) is 4.54. The molecule has 0 unspecified atom stereocenters. The Kier molecular flexibility index (Phi) is 5.30. The van der Waals surface area contributed by atoms with E-state index < -0.39 is 0 Å². The van der Waals surface area contributed by atoms with Gasteiger partial charge in [0.05, 0.1) is 6.54 Å². The number of pyridine rings is 1. The van der Waals surface area contributed by atoms with Crippen LogP contribution in [0.1, 0.15) is 24.0 Å². The Morgan fingerprint density at radius 1 is 1.47 bits per heavy atom. The lowest BCUT2D eigenvalue weighted by atomic mass is 10.1. The van der Waals surface area contributed by atoms with Crippen LogP contribution in [0.4, 0.5) is 0 Å². The van der Waals surface area contributed by atoms with Crippen molar-refractivity contribution in [2.75, 3.05) is 19.8 Å². The van der Waals surface area contributed by atoms with E-state index in [0.29, 0.717) is 13.1 Å². The highest BCUT2D eigenvalue weighted by Crippen LogP contribution is 2.06. The van der Waals surface area contributed by atoms with E-state index in [1.807, 2.05) is 19.2 Å². The molecule has 2 heterocycles. The maximum absolute atomic E-state index is 11.8. The molecule has 2 N–H and O–H groups in total. The van der Waals surface area contributed by atoms with Gasteiger partial charge in [-0.2, -0.15) is 0 Å². The Morgan fingerprint density at radius 2 is 2.26 bits per heavy atom. The molecule has 1 fully saturated rings. The molecule has 5 nitrogen and oxygen atoms in total. The number of nitrogens with one attached hydrogen (secondary N) is 2. The van der Waals surface area contributed by atoms with Crippen molar-refractivity contribution in [3.63, 3.8) is 0 Å². The van der Waals surface area contributed by atoms with Gasteiger partial charge in [0, 0.05) is 38.2 Å². The Hall–Kier alpha value is -1.46. The number of amides is 1. The van der Waals surface area contributed by atoms with Gasteiger partial charge in [-0.25, -0.2) is 0 Å². The van der Waals surface area contributed by atoms with Crippen LogP contribution >= 0.6 is 0 Å².